The topological polar surface area (TPSA) is 119 Å². The Morgan fingerprint density at radius 2 is 2.22 bits per heavy atom. The molecule has 0 saturated carbocycles. The molecular weight excluding hydrogens is 362 g/mol. The number of anilines is 2. The third-order valence-electron chi connectivity index (χ3n) is 3.76. The van der Waals surface area contributed by atoms with Gasteiger partial charge in [-0.2, -0.15) is 10.4 Å². The minimum Gasteiger partial charge on any atom is -0.320 e. The summed E-state index contributed by atoms with van der Waals surface area (Å²) in [5.41, 5.74) is 2.68. The standard InChI is InChI=1S/C18H15N7OS/c1-4-11(7-19)16(20-3)24-18-21-9-14(27-18)17(26)23-15-10(2)5-6-13-12(15)8-22-25-13/h4-6,8-9H,1,3H2,2H3,(H,21,24)(H,22,25)(H,23,26)/b16-11-. The van der Waals surface area contributed by atoms with Crippen LogP contribution in [0, 0.1) is 18.3 Å². The summed E-state index contributed by atoms with van der Waals surface area (Å²) < 4.78 is 0. The normalized spacial score (nSPS) is 11.4. The van der Waals surface area contributed by atoms with Crippen molar-refractivity contribution in [1.82, 2.24) is 15.2 Å². The van der Waals surface area contributed by atoms with Gasteiger partial charge in [-0.1, -0.05) is 24.0 Å². The molecule has 3 aromatic rings. The van der Waals surface area contributed by atoms with Crippen LogP contribution in [-0.2, 0) is 0 Å². The van der Waals surface area contributed by atoms with E-state index < -0.39 is 0 Å². The van der Waals surface area contributed by atoms with Crippen molar-refractivity contribution in [2.45, 2.75) is 6.92 Å². The van der Waals surface area contributed by atoms with E-state index in [1.165, 1.54) is 12.3 Å². The van der Waals surface area contributed by atoms with Crippen molar-refractivity contribution in [2.24, 2.45) is 4.99 Å². The number of nitriles is 1. The molecule has 0 aliphatic rings. The van der Waals surface area contributed by atoms with E-state index >= 15 is 0 Å². The van der Waals surface area contributed by atoms with E-state index in [9.17, 15) is 4.79 Å². The number of benzene rings is 1. The van der Waals surface area contributed by atoms with E-state index in [4.69, 9.17) is 5.26 Å². The quantitative estimate of drug-likeness (QED) is 0.344. The first-order chi connectivity index (χ1) is 13.1. The SMILES string of the molecule is C=C/C(C#N)=C(\N=C)Nc1ncc(C(=O)Nc2c(C)ccc3[nH]ncc23)s1. The van der Waals surface area contributed by atoms with Crippen LogP contribution in [-0.4, -0.2) is 27.8 Å². The predicted octanol–water partition coefficient (Wildman–Crippen LogP) is 3.61. The molecular formula is C18H15N7OS. The summed E-state index contributed by atoms with van der Waals surface area (Å²) >= 11 is 1.13. The van der Waals surface area contributed by atoms with Gasteiger partial charge in [0.15, 0.2) is 5.13 Å². The van der Waals surface area contributed by atoms with Crippen molar-refractivity contribution in [2.75, 3.05) is 10.6 Å². The van der Waals surface area contributed by atoms with Crippen LogP contribution < -0.4 is 10.6 Å². The highest BCUT2D eigenvalue weighted by Crippen LogP contribution is 2.27. The van der Waals surface area contributed by atoms with Gasteiger partial charge in [0.2, 0.25) is 0 Å². The number of rotatable bonds is 6. The highest BCUT2D eigenvalue weighted by atomic mass is 32.1. The van der Waals surface area contributed by atoms with Crippen LogP contribution in [0.4, 0.5) is 10.8 Å². The highest BCUT2D eigenvalue weighted by molar-refractivity contribution is 7.17. The third-order valence-corrected chi connectivity index (χ3v) is 4.68. The molecule has 0 spiro atoms. The van der Waals surface area contributed by atoms with Gasteiger partial charge in [-0.3, -0.25) is 9.89 Å². The number of aromatic nitrogens is 3. The summed E-state index contributed by atoms with van der Waals surface area (Å²) in [6.45, 7) is 8.89. The van der Waals surface area contributed by atoms with Crippen LogP contribution in [0.2, 0.25) is 0 Å². The first-order valence-corrected chi connectivity index (χ1v) is 8.59. The summed E-state index contributed by atoms with van der Waals surface area (Å²) in [4.78, 5) is 21.0. The molecule has 0 saturated heterocycles. The van der Waals surface area contributed by atoms with Crippen molar-refractivity contribution in [3.63, 3.8) is 0 Å². The zero-order valence-corrected chi connectivity index (χ0v) is 15.2. The molecule has 0 unspecified atom stereocenters. The number of carbonyl (C=O) groups excluding carboxylic acids is 1. The molecule has 3 rings (SSSR count). The molecule has 1 amide bonds. The number of allylic oxidation sites excluding steroid dienone is 2. The van der Waals surface area contributed by atoms with E-state index in [0.29, 0.717) is 15.7 Å². The fourth-order valence-electron chi connectivity index (χ4n) is 2.39. The Hall–Kier alpha value is -3.77. The number of aliphatic imine (C=N–C) groups is 1. The van der Waals surface area contributed by atoms with E-state index in [-0.39, 0.29) is 17.3 Å². The van der Waals surface area contributed by atoms with Gasteiger partial charge in [0.25, 0.3) is 5.91 Å². The van der Waals surface area contributed by atoms with Crippen LogP contribution in [0.1, 0.15) is 15.2 Å². The molecule has 0 radical (unpaired) electrons. The fraction of sp³-hybridized carbons (Fsp3) is 0.0556. The van der Waals surface area contributed by atoms with Gasteiger partial charge in [0.05, 0.1) is 29.2 Å². The Labute approximate surface area is 159 Å². The molecule has 134 valence electrons. The molecule has 8 nitrogen and oxygen atoms in total. The number of nitrogens with one attached hydrogen (secondary N) is 3. The molecule has 0 fully saturated rings. The number of nitrogens with zero attached hydrogens (tertiary/aromatic N) is 4. The highest BCUT2D eigenvalue weighted by Gasteiger charge is 2.15. The molecule has 9 heteroatoms. The van der Waals surface area contributed by atoms with Crippen LogP contribution in [0.5, 0.6) is 0 Å². The zero-order valence-electron chi connectivity index (χ0n) is 14.4. The van der Waals surface area contributed by atoms with Crippen molar-refractivity contribution >= 4 is 45.7 Å². The lowest BCUT2D eigenvalue weighted by Crippen LogP contribution is -2.11. The maximum absolute atomic E-state index is 12.6. The molecule has 0 atom stereocenters. The molecule has 3 N–H and O–H groups in total. The molecule has 0 aliphatic heterocycles. The second kappa shape index (κ2) is 7.63. The monoisotopic (exact) mass is 377 g/mol. The lowest BCUT2D eigenvalue weighted by molar-refractivity contribution is 0.103. The smallest absolute Gasteiger partial charge is 0.267 e. The van der Waals surface area contributed by atoms with E-state index in [1.807, 2.05) is 25.1 Å². The molecule has 2 aromatic heterocycles. The number of carbonyl (C=O) groups is 1. The zero-order chi connectivity index (χ0) is 19.4. The molecule has 0 bridgehead atoms. The maximum Gasteiger partial charge on any atom is 0.267 e. The van der Waals surface area contributed by atoms with E-state index in [1.54, 1.807) is 6.20 Å². The van der Waals surface area contributed by atoms with E-state index in [0.717, 1.165) is 27.8 Å². The van der Waals surface area contributed by atoms with Gasteiger partial charge < -0.3 is 10.6 Å². The number of aryl methyl sites for hydroxylation is 1. The average Bonchev–Trinajstić information content (AvgIpc) is 3.33. The lowest BCUT2D eigenvalue weighted by Gasteiger charge is -2.08. The van der Waals surface area contributed by atoms with Crippen molar-refractivity contribution < 1.29 is 4.79 Å². The van der Waals surface area contributed by atoms with E-state index in [2.05, 4.69) is 44.1 Å². The van der Waals surface area contributed by atoms with Gasteiger partial charge in [0.1, 0.15) is 16.8 Å². The fourth-order valence-corrected chi connectivity index (χ4v) is 3.10. The van der Waals surface area contributed by atoms with Gasteiger partial charge in [-0.25, -0.2) is 9.98 Å². The summed E-state index contributed by atoms with van der Waals surface area (Å²) in [6, 6.07) is 5.77. The first-order valence-electron chi connectivity index (χ1n) is 7.77. The Bertz CT molecular complexity index is 1120. The molecule has 27 heavy (non-hydrogen) atoms. The molecule has 1 aromatic carbocycles. The number of H-pyrrole nitrogens is 1. The summed E-state index contributed by atoms with van der Waals surface area (Å²) in [5, 5.41) is 23.0. The Kier molecular flexibility index (Phi) is 5.10. The minimum atomic E-state index is -0.293. The Morgan fingerprint density at radius 1 is 1.41 bits per heavy atom. The third kappa shape index (κ3) is 3.61. The number of fused-ring (bicyclic) bond motifs is 1. The number of thiazole rings is 1. The maximum atomic E-state index is 12.6. The molecule has 0 aliphatic carbocycles. The second-order valence-electron chi connectivity index (χ2n) is 5.43. The summed E-state index contributed by atoms with van der Waals surface area (Å²) in [6.07, 6.45) is 4.49. The molecule has 2 heterocycles. The Morgan fingerprint density at radius 3 is 2.93 bits per heavy atom. The second-order valence-corrected chi connectivity index (χ2v) is 6.46. The van der Waals surface area contributed by atoms with Crippen LogP contribution >= 0.6 is 11.3 Å². The number of hydrogen-bond donors (Lipinski definition) is 3. The van der Waals surface area contributed by atoms with Crippen molar-refractivity contribution in [1.29, 1.82) is 5.26 Å². The number of aromatic amines is 1. The summed E-state index contributed by atoms with van der Waals surface area (Å²) in [5.74, 6) is -0.0634. The van der Waals surface area contributed by atoms with Gasteiger partial charge in [-0.05, 0) is 31.3 Å². The van der Waals surface area contributed by atoms with Gasteiger partial charge in [-0.15, -0.1) is 0 Å². The number of hydrogen-bond acceptors (Lipinski definition) is 7. The summed E-state index contributed by atoms with van der Waals surface area (Å²) in [7, 11) is 0. The van der Waals surface area contributed by atoms with Gasteiger partial charge in [0, 0.05) is 5.39 Å². The van der Waals surface area contributed by atoms with Crippen LogP contribution in [0.25, 0.3) is 10.9 Å². The minimum absolute atomic E-state index is 0.229. The van der Waals surface area contributed by atoms with Crippen molar-refractivity contribution in [3.8, 4) is 6.07 Å². The van der Waals surface area contributed by atoms with Crippen LogP contribution in [0.3, 0.4) is 0 Å². The van der Waals surface area contributed by atoms with Crippen molar-refractivity contribution in [3.05, 3.63) is 59.0 Å². The van der Waals surface area contributed by atoms with Gasteiger partial charge >= 0.3 is 0 Å². The predicted molar refractivity (Wildman–Crippen MR) is 107 cm³/mol. The lowest BCUT2D eigenvalue weighted by atomic mass is 10.1. The largest absolute Gasteiger partial charge is 0.320 e. The first kappa shape index (κ1) is 18.0. The Balaban J connectivity index is 1.83. The van der Waals surface area contributed by atoms with Crippen LogP contribution in [0.15, 0.2) is 53.6 Å². The average molecular weight is 377 g/mol. The number of amides is 1.